The molecule has 0 aliphatic heterocycles. The molecule has 3 nitrogen and oxygen atoms in total. The van der Waals surface area contributed by atoms with E-state index in [2.05, 4.69) is 5.32 Å². The lowest BCUT2D eigenvalue weighted by atomic mass is 9.78. The van der Waals surface area contributed by atoms with Crippen molar-refractivity contribution in [3.05, 3.63) is 24.2 Å². The molecular formula is C12H17NO2. The number of carbonyl (C=O) groups excluding carboxylic acids is 1. The Labute approximate surface area is 89.9 Å². The number of ketones is 1. The van der Waals surface area contributed by atoms with E-state index in [4.69, 9.17) is 4.42 Å². The summed E-state index contributed by atoms with van der Waals surface area (Å²) in [5, 5.41) is 3.31. The third-order valence-corrected chi connectivity index (χ3v) is 3.10. The van der Waals surface area contributed by atoms with Crippen LogP contribution in [-0.2, 0) is 10.3 Å². The zero-order valence-corrected chi connectivity index (χ0v) is 9.08. The monoisotopic (exact) mass is 207 g/mol. The van der Waals surface area contributed by atoms with Crippen LogP contribution in [0.2, 0.25) is 0 Å². The molecular weight excluding hydrogens is 190 g/mol. The van der Waals surface area contributed by atoms with Crippen LogP contribution in [0.15, 0.2) is 22.8 Å². The van der Waals surface area contributed by atoms with Gasteiger partial charge in [-0.1, -0.05) is 13.3 Å². The Morgan fingerprint density at radius 3 is 3.00 bits per heavy atom. The minimum atomic E-state index is -0.545. The molecule has 82 valence electrons. The van der Waals surface area contributed by atoms with Crippen LogP contribution < -0.4 is 5.32 Å². The maximum absolute atomic E-state index is 12.1. The minimum Gasteiger partial charge on any atom is -0.467 e. The van der Waals surface area contributed by atoms with Crippen molar-refractivity contribution >= 4 is 5.78 Å². The Hall–Kier alpha value is -1.09. The number of Topliss-reactive ketones (excluding diaryl/α,β-unsaturated/α-hetero) is 1. The zero-order chi connectivity index (χ0) is 10.7. The van der Waals surface area contributed by atoms with Gasteiger partial charge in [0.15, 0.2) is 5.78 Å². The highest BCUT2D eigenvalue weighted by atomic mass is 16.3. The summed E-state index contributed by atoms with van der Waals surface area (Å²) in [5.74, 6) is 1.04. The molecule has 1 atom stereocenters. The van der Waals surface area contributed by atoms with Crippen LogP contribution in [0.1, 0.15) is 38.4 Å². The fourth-order valence-electron chi connectivity index (χ4n) is 2.39. The van der Waals surface area contributed by atoms with Gasteiger partial charge in [0, 0.05) is 6.42 Å². The lowest BCUT2D eigenvalue weighted by Crippen LogP contribution is -2.50. The lowest BCUT2D eigenvalue weighted by molar-refractivity contribution is -0.128. The molecule has 2 rings (SSSR count). The number of rotatable bonds is 3. The van der Waals surface area contributed by atoms with Gasteiger partial charge in [-0.2, -0.15) is 0 Å². The van der Waals surface area contributed by atoms with Crippen molar-refractivity contribution < 1.29 is 9.21 Å². The smallest absolute Gasteiger partial charge is 0.160 e. The quantitative estimate of drug-likeness (QED) is 0.826. The van der Waals surface area contributed by atoms with Crippen LogP contribution >= 0.6 is 0 Å². The van der Waals surface area contributed by atoms with Crippen molar-refractivity contribution in [1.29, 1.82) is 0 Å². The average Bonchev–Trinajstić information content (AvgIpc) is 2.75. The third-order valence-electron chi connectivity index (χ3n) is 3.10. The van der Waals surface area contributed by atoms with Gasteiger partial charge in [0.05, 0.1) is 6.26 Å². The van der Waals surface area contributed by atoms with E-state index in [0.29, 0.717) is 6.42 Å². The summed E-state index contributed by atoms with van der Waals surface area (Å²) < 4.78 is 5.42. The minimum absolute atomic E-state index is 0.269. The Morgan fingerprint density at radius 1 is 1.53 bits per heavy atom. The molecule has 1 aliphatic rings. The van der Waals surface area contributed by atoms with E-state index in [0.717, 1.165) is 31.6 Å². The zero-order valence-electron chi connectivity index (χ0n) is 9.08. The van der Waals surface area contributed by atoms with Gasteiger partial charge in [-0.15, -0.1) is 0 Å². The van der Waals surface area contributed by atoms with Gasteiger partial charge in [0.25, 0.3) is 0 Å². The second-order valence-electron chi connectivity index (χ2n) is 4.04. The van der Waals surface area contributed by atoms with Gasteiger partial charge in [0.1, 0.15) is 11.3 Å². The van der Waals surface area contributed by atoms with Crippen molar-refractivity contribution in [3.8, 4) is 0 Å². The van der Waals surface area contributed by atoms with Crippen LogP contribution in [0.4, 0.5) is 0 Å². The highest BCUT2D eigenvalue weighted by Crippen LogP contribution is 2.34. The highest BCUT2D eigenvalue weighted by molar-refractivity contribution is 5.89. The van der Waals surface area contributed by atoms with Gasteiger partial charge >= 0.3 is 0 Å². The summed E-state index contributed by atoms with van der Waals surface area (Å²) in [4.78, 5) is 12.1. The molecule has 1 fully saturated rings. The number of furan rings is 1. The third kappa shape index (κ3) is 1.72. The number of carbonyl (C=O) groups is 1. The molecule has 3 heteroatoms. The molecule has 1 unspecified atom stereocenters. The van der Waals surface area contributed by atoms with Gasteiger partial charge < -0.3 is 4.42 Å². The topological polar surface area (TPSA) is 42.2 Å². The Bertz CT molecular complexity index is 327. The van der Waals surface area contributed by atoms with E-state index in [9.17, 15) is 4.79 Å². The summed E-state index contributed by atoms with van der Waals surface area (Å²) in [6, 6.07) is 3.74. The summed E-state index contributed by atoms with van der Waals surface area (Å²) in [6.45, 7) is 2.80. The number of nitrogens with one attached hydrogen (secondary N) is 1. The number of hydrogen-bond acceptors (Lipinski definition) is 3. The van der Waals surface area contributed by atoms with E-state index in [1.807, 2.05) is 19.1 Å². The van der Waals surface area contributed by atoms with E-state index < -0.39 is 5.54 Å². The van der Waals surface area contributed by atoms with E-state index in [1.165, 1.54) is 0 Å². The normalized spacial score (nSPS) is 26.9. The molecule has 1 aromatic rings. The Kier molecular flexibility index (Phi) is 2.91. The first-order valence-electron chi connectivity index (χ1n) is 5.62. The van der Waals surface area contributed by atoms with Crippen molar-refractivity contribution in [2.24, 2.45) is 0 Å². The Morgan fingerprint density at radius 2 is 2.40 bits per heavy atom. The molecule has 1 aromatic heterocycles. The molecule has 0 bridgehead atoms. The largest absolute Gasteiger partial charge is 0.467 e. The van der Waals surface area contributed by atoms with E-state index >= 15 is 0 Å². The first-order chi connectivity index (χ1) is 7.29. The van der Waals surface area contributed by atoms with Crippen LogP contribution in [-0.4, -0.2) is 12.3 Å². The van der Waals surface area contributed by atoms with Gasteiger partial charge in [-0.25, -0.2) is 0 Å². The molecule has 0 aromatic carbocycles. The SMILES string of the molecule is CCNC1(c2ccco2)CCCCC1=O. The molecule has 1 N–H and O–H groups in total. The number of hydrogen-bond donors (Lipinski definition) is 1. The highest BCUT2D eigenvalue weighted by Gasteiger charge is 2.42. The molecule has 0 amide bonds. The molecule has 0 radical (unpaired) electrons. The lowest BCUT2D eigenvalue weighted by Gasteiger charge is -2.34. The molecule has 1 heterocycles. The fourth-order valence-corrected chi connectivity index (χ4v) is 2.39. The maximum atomic E-state index is 12.1. The summed E-state index contributed by atoms with van der Waals surface area (Å²) in [5.41, 5.74) is -0.545. The first-order valence-corrected chi connectivity index (χ1v) is 5.62. The van der Waals surface area contributed by atoms with E-state index in [1.54, 1.807) is 6.26 Å². The molecule has 15 heavy (non-hydrogen) atoms. The molecule has 1 aliphatic carbocycles. The van der Waals surface area contributed by atoms with Gasteiger partial charge in [-0.3, -0.25) is 10.1 Å². The summed E-state index contributed by atoms with van der Waals surface area (Å²) >= 11 is 0. The first kappa shape index (κ1) is 10.4. The van der Waals surface area contributed by atoms with Crippen LogP contribution in [0.5, 0.6) is 0 Å². The Balaban J connectivity index is 2.34. The van der Waals surface area contributed by atoms with Gasteiger partial charge in [0.2, 0.25) is 0 Å². The van der Waals surface area contributed by atoms with Crippen LogP contribution in [0, 0.1) is 0 Å². The van der Waals surface area contributed by atoms with Crippen molar-refractivity contribution in [2.75, 3.05) is 6.54 Å². The molecule has 0 spiro atoms. The van der Waals surface area contributed by atoms with Crippen LogP contribution in [0.25, 0.3) is 0 Å². The van der Waals surface area contributed by atoms with E-state index in [-0.39, 0.29) is 5.78 Å². The average molecular weight is 207 g/mol. The van der Waals surface area contributed by atoms with Crippen molar-refractivity contribution in [1.82, 2.24) is 5.32 Å². The summed E-state index contributed by atoms with van der Waals surface area (Å²) in [7, 11) is 0. The fraction of sp³-hybridized carbons (Fsp3) is 0.583. The molecule has 0 saturated heterocycles. The van der Waals surface area contributed by atoms with Crippen LogP contribution in [0.3, 0.4) is 0 Å². The maximum Gasteiger partial charge on any atom is 0.160 e. The molecule has 1 saturated carbocycles. The number of likely N-dealkylation sites (N-methyl/N-ethyl adjacent to an activating group) is 1. The van der Waals surface area contributed by atoms with Crippen molar-refractivity contribution in [3.63, 3.8) is 0 Å². The summed E-state index contributed by atoms with van der Waals surface area (Å²) in [6.07, 6.45) is 5.24. The second kappa shape index (κ2) is 4.19. The predicted molar refractivity (Wildman–Crippen MR) is 57.5 cm³/mol. The second-order valence-corrected chi connectivity index (χ2v) is 4.04. The standard InChI is InChI=1S/C12H17NO2/c1-2-13-12(11-7-5-9-15-11)8-4-3-6-10(12)14/h5,7,9,13H,2-4,6,8H2,1H3. The van der Waals surface area contributed by atoms with Crippen molar-refractivity contribution in [2.45, 2.75) is 38.1 Å². The predicted octanol–water partition coefficient (Wildman–Crippen LogP) is 2.23. The van der Waals surface area contributed by atoms with Gasteiger partial charge in [-0.05, 0) is 31.5 Å².